The molecular formula is C30H54. The Labute approximate surface area is 189 Å². The molecule has 5 unspecified atom stereocenters. The molecule has 0 aromatic rings. The number of fused-ring (bicyclic) bond motifs is 1. The van der Waals surface area contributed by atoms with Gasteiger partial charge in [-0.25, -0.2) is 0 Å². The highest BCUT2D eigenvalue weighted by Crippen LogP contribution is 2.74. The van der Waals surface area contributed by atoms with Crippen LogP contribution in [0, 0.1) is 39.4 Å². The van der Waals surface area contributed by atoms with Gasteiger partial charge in [-0.2, -0.15) is 0 Å². The SMILES string of the molecule is CCCCC1(C)C(C2(C)CCCCC2)CC2CCCCC2C1(C)C1(C)CCCCC1. The predicted molar refractivity (Wildman–Crippen MR) is 132 cm³/mol. The van der Waals surface area contributed by atoms with E-state index in [1.807, 2.05) is 0 Å². The van der Waals surface area contributed by atoms with Gasteiger partial charge in [-0.3, -0.25) is 0 Å². The number of rotatable bonds is 5. The zero-order valence-electron chi connectivity index (χ0n) is 21.5. The molecule has 174 valence electrons. The molecule has 0 aromatic heterocycles. The van der Waals surface area contributed by atoms with Crippen LogP contribution in [-0.4, -0.2) is 0 Å². The zero-order valence-corrected chi connectivity index (χ0v) is 21.5. The lowest BCUT2D eigenvalue weighted by molar-refractivity contribution is -0.231. The molecule has 0 heteroatoms. The summed E-state index contributed by atoms with van der Waals surface area (Å²) in [5.74, 6) is 2.99. The summed E-state index contributed by atoms with van der Waals surface area (Å²) >= 11 is 0. The number of unbranched alkanes of at least 4 members (excludes halogenated alkanes) is 1. The number of hydrogen-bond donors (Lipinski definition) is 0. The summed E-state index contributed by atoms with van der Waals surface area (Å²) in [6, 6.07) is 0. The molecule has 0 heterocycles. The maximum absolute atomic E-state index is 2.88. The summed E-state index contributed by atoms with van der Waals surface area (Å²) in [7, 11) is 0. The van der Waals surface area contributed by atoms with Crippen LogP contribution >= 0.6 is 0 Å². The molecule has 0 radical (unpaired) electrons. The van der Waals surface area contributed by atoms with Crippen molar-refractivity contribution in [2.45, 2.75) is 150 Å². The van der Waals surface area contributed by atoms with Crippen molar-refractivity contribution < 1.29 is 0 Å². The first-order chi connectivity index (χ1) is 14.3. The average molecular weight is 415 g/mol. The van der Waals surface area contributed by atoms with E-state index in [-0.39, 0.29) is 0 Å². The Kier molecular flexibility index (Phi) is 6.75. The molecule has 4 saturated carbocycles. The highest BCUT2D eigenvalue weighted by atomic mass is 14.7. The van der Waals surface area contributed by atoms with Crippen LogP contribution in [-0.2, 0) is 0 Å². The van der Waals surface area contributed by atoms with Crippen LogP contribution in [0.4, 0.5) is 0 Å². The van der Waals surface area contributed by atoms with Gasteiger partial charge in [0.25, 0.3) is 0 Å². The molecule has 30 heavy (non-hydrogen) atoms. The van der Waals surface area contributed by atoms with Gasteiger partial charge in [-0.1, -0.05) is 105 Å². The van der Waals surface area contributed by atoms with E-state index in [1.54, 1.807) is 19.3 Å². The maximum Gasteiger partial charge on any atom is -0.0184 e. The molecule has 4 aliphatic carbocycles. The van der Waals surface area contributed by atoms with Gasteiger partial charge in [0.2, 0.25) is 0 Å². The van der Waals surface area contributed by atoms with Crippen LogP contribution in [0.3, 0.4) is 0 Å². The minimum atomic E-state index is 0.527. The monoisotopic (exact) mass is 414 g/mol. The van der Waals surface area contributed by atoms with E-state index < -0.39 is 0 Å². The summed E-state index contributed by atoms with van der Waals surface area (Å²) in [4.78, 5) is 0. The van der Waals surface area contributed by atoms with Crippen LogP contribution in [0.15, 0.2) is 0 Å². The quantitative estimate of drug-likeness (QED) is 0.419. The summed E-state index contributed by atoms with van der Waals surface area (Å²) in [6.07, 6.45) is 27.1. The van der Waals surface area contributed by atoms with Gasteiger partial charge in [-0.05, 0) is 84.4 Å². The Morgan fingerprint density at radius 3 is 1.93 bits per heavy atom. The number of hydrogen-bond acceptors (Lipinski definition) is 0. The van der Waals surface area contributed by atoms with Crippen molar-refractivity contribution in [2.24, 2.45) is 39.4 Å². The molecule has 0 nitrogen and oxygen atoms in total. The maximum atomic E-state index is 2.88. The van der Waals surface area contributed by atoms with Gasteiger partial charge in [0, 0.05) is 0 Å². The fourth-order valence-corrected chi connectivity index (χ4v) is 10.3. The third-order valence-corrected chi connectivity index (χ3v) is 12.2. The van der Waals surface area contributed by atoms with Gasteiger partial charge in [-0.15, -0.1) is 0 Å². The normalized spacial score (nSPS) is 43.7. The Morgan fingerprint density at radius 1 is 0.700 bits per heavy atom. The zero-order chi connectivity index (χ0) is 21.5. The first kappa shape index (κ1) is 23.2. The molecule has 0 amide bonds. The summed E-state index contributed by atoms with van der Waals surface area (Å²) in [6.45, 7) is 13.7. The van der Waals surface area contributed by atoms with Crippen molar-refractivity contribution >= 4 is 0 Å². The van der Waals surface area contributed by atoms with Crippen LogP contribution in [0.5, 0.6) is 0 Å². The van der Waals surface area contributed by atoms with E-state index in [0.29, 0.717) is 21.7 Å². The van der Waals surface area contributed by atoms with Crippen molar-refractivity contribution in [2.75, 3.05) is 0 Å². The Hall–Kier alpha value is 0. The minimum absolute atomic E-state index is 0.527. The molecule has 0 aromatic carbocycles. The standard InChI is InChI=1S/C30H54/c1-6-7-22-29(4)26(27(2)18-12-8-13-19-27)23-24-16-10-11-17-25(24)30(29,5)28(3)20-14-9-15-21-28/h24-26H,6-23H2,1-5H3. The van der Waals surface area contributed by atoms with Crippen molar-refractivity contribution in [3.63, 3.8) is 0 Å². The predicted octanol–water partition coefficient (Wildman–Crippen LogP) is 9.96. The molecule has 0 aliphatic heterocycles. The van der Waals surface area contributed by atoms with E-state index in [1.165, 1.54) is 96.3 Å². The third kappa shape index (κ3) is 3.53. The average Bonchev–Trinajstić information content (AvgIpc) is 2.76. The second kappa shape index (κ2) is 8.74. The molecule has 4 aliphatic rings. The van der Waals surface area contributed by atoms with Crippen LogP contribution in [0.25, 0.3) is 0 Å². The molecular weight excluding hydrogens is 360 g/mol. The fourth-order valence-electron chi connectivity index (χ4n) is 10.3. The molecule has 0 N–H and O–H groups in total. The largest absolute Gasteiger partial charge is 0.0654 e. The van der Waals surface area contributed by atoms with E-state index in [0.717, 1.165) is 17.8 Å². The van der Waals surface area contributed by atoms with Crippen molar-refractivity contribution in [1.29, 1.82) is 0 Å². The molecule has 0 spiro atoms. The Bertz CT molecular complexity index is 563. The molecule has 5 atom stereocenters. The van der Waals surface area contributed by atoms with E-state index in [4.69, 9.17) is 0 Å². The smallest absolute Gasteiger partial charge is 0.0184 e. The van der Waals surface area contributed by atoms with Crippen LogP contribution < -0.4 is 0 Å². The van der Waals surface area contributed by atoms with Crippen LogP contribution in [0.1, 0.15) is 150 Å². The van der Waals surface area contributed by atoms with Gasteiger partial charge < -0.3 is 0 Å². The molecule has 4 fully saturated rings. The van der Waals surface area contributed by atoms with Gasteiger partial charge in [0.1, 0.15) is 0 Å². The van der Waals surface area contributed by atoms with Crippen LogP contribution in [0.2, 0.25) is 0 Å². The van der Waals surface area contributed by atoms with Crippen molar-refractivity contribution in [1.82, 2.24) is 0 Å². The second-order valence-corrected chi connectivity index (χ2v) is 13.5. The first-order valence-electron chi connectivity index (χ1n) is 14.3. The van der Waals surface area contributed by atoms with Gasteiger partial charge >= 0.3 is 0 Å². The highest BCUT2D eigenvalue weighted by molar-refractivity contribution is 5.15. The lowest BCUT2D eigenvalue weighted by Crippen LogP contribution is -2.64. The Balaban J connectivity index is 1.83. The van der Waals surface area contributed by atoms with E-state index in [9.17, 15) is 0 Å². The van der Waals surface area contributed by atoms with Gasteiger partial charge in [0.05, 0.1) is 0 Å². The molecule has 0 bridgehead atoms. The lowest BCUT2D eigenvalue weighted by Gasteiger charge is -2.72. The first-order valence-corrected chi connectivity index (χ1v) is 14.3. The topological polar surface area (TPSA) is 0 Å². The highest BCUT2D eigenvalue weighted by Gasteiger charge is 2.67. The van der Waals surface area contributed by atoms with Crippen molar-refractivity contribution in [3.8, 4) is 0 Å². The molecule has 0 saturated heterocycles. The summed E-state index contributed by atoms with van der Waals surface area (Å²) < 4.78 is 0. The molecule has 4 rings (SSSR count). The van der Waals surface area contributed by atoms with E-state index in [2.05, 4.69) is 34.6 Å². The third-order valence-electron chi connectivity index (χ3n) is 12.2. The fraction of sp³-hybridized carbons (Fsp3) is 1.00. The van der Waals surface area contributed by atoms with Crippen molar-refractivity contribution in [3.05, 3.63) is 0 Å². The summed E-state index contributed by atoms with van der Waals surface area (Å²) in [5, 5.41) is 0. The minimum Gasteiger partial charge on any atom is -0.0654 e. The lowest BCUT2D eigenvalue weighted by atomic mass is 9.33. The Morgan fingerprint density at radius 2 is 1.30 bits per heavy atom. The van der Waals surface area contributed by atoms with E-state index >= 15 is 0 Å². The second-order valence-electron chi connectivity index (χ2n) is 13.5. The summed E-state index contributed by atoms with van der Waals surface area (Å²) in [5.41, 5.74) is 2.23. The van der Waals surface area contributed by atoms with Gasteiger partial charge in [0.15, 0.2) is 0 Å².